The summed E-state index contributed by atoms with van der Waals surface area (Å²) in [5, 5.41) is 2.83. The van der Waals surface area contributed by atoms with Crippen LogP contribution in [-0.2, 0) is 17.8 Å². The Morgan fingerprint density at radius 2 is 2.21 bits per heavy atom. The lowest BCUT2D eigenvalue weighted by Crippen LogP contribution is -2.62. The third-order valence-electron chi connectivity index (χ3n) is 4.63. The molecule has 1 saturated heterocycles. The van der Waals surface area contributed by atoms with Gasteiger partial charge in [-0.2, -0.15) is 0 Å². The van der Waals surface area contributed by atoms with Crippen molar-refractivity contribution in [3.63, 3.8) is 0 Å². The number of carbonyl (C=O) groups excluding carboxylic acids is 1. The Kier molecular flexibility index (Phi) is 4.94. The van der Waals surface area contributed by atoms with Crippen LogP contribution in [0.15, 0.2) is 35.1 Å². The zero-order chi connectivity index (χ0) is 17.0. The molecule has 0 atom stereocenters. The molecular weight excluding hydrogens is 304 g/mol. The Bertz CT molecular complexity index is 677. The van der Waals surface area contributed by atoms with Crippen LogP contribution in [0, 0.1) is 12.3 Å². The largest absolute Gasteiger partial charge is 0.449 e. The van der Waals surface area contributed by atoms with Crippen LogP contribution in [0.3, 0.4) is 0 Å². The molecule has 2 aromatic heterocycles. The molecule has 0 bridgehead atoms. The monoisotopic (exact) mass is 328 g/mol. The predicted octanol–water partition coefficient (Wildman–Crippen LogP) is 1.95. The van der Waals surface area contributed by atoms with Crippen LogP contribution in [0.1, 0.15) is 30.1 Å². The van der Waals surface area contributed by atoms with Gasteiger partial charge in [0.05, 0.1) is 11.1 Å². The summed E-state index contributed by atoms with van der Waals surface area (Å²) in [4.78, 5) is 23.3. The number of oxazole rings is 1. The maximum atomic E-state index is 12.4. The van der Waals surface area contributed by atoms with E-state index in [4.69, 9.17) is 4.42 Å². The van der Waals surface area contributed by atoms with Crippen molar-refractivity contribution in [2.24, 2.45) is 5.41 Å². The van der Waals surface area contributed by atoms with Gasteiger partial charge in [-0.05, 0) is 31.4 Å². The number of rotatable bonds is 7. The number of amides is 1. The number of pyridine rings is 1. The average Bonchev–Trinajstić information content (AvgIpc) is 2.97. The number of hydrogen-bond acceptors (Lipinski definition) is 5. The van der Waals surface area contributed by atoms with E-state index in [2.05, 4.69) is 20.2 Å². The maximum Gasteiger partial charge on any atom is 0.228 e. The fourth-order valence-electron chi connectivity index (χ4n) is 3.47. The third-order valence-corrected chi connectivity index (χ3v) is 4.63. The van der Waals surface area contributed by atoms with E-state index in [1.165, 1.54) is 0 Å². The lowest BCUT2D eigenvalue weighted by atomic mass is 9.74. The Hall–Kier alpha value is -2.21. The van der Waals surface area contributed by atoms with E-state index >= 15 is 0 Å². The summed E-state index contributed by atoms with van der Waals surface area (Å²) in [5.41, 5.74) is 1.72. The summed E-state index contributed by atoms with van der Waals surface area (Å²) < 4.78 is 5.24. The minimum absolute atomic E-state index is 0.135. The first-order valence-corrected chi connectivity index (χ1v) is 8.37. The topological polar surface area (TPSA) is 71.3 Å². The molecule has 128 valence electrons. The second kappa shape index (κ2) is 7.13. The Balaban J connectivity index is 1.54. The van der Waals surface area contributed by atoms with Crippen molar-refractivity contribution in [1.29, 1.82) is 0 Å². The second-order valence-corrected chi connectivity index (χ2v) is 6.54. The molecule has 24 heavy (non-hydrogen) atoms. The average molecular weight is 328 g/mol. The highest BCUT2D eigenvalue weighted by atomic mass is 16.3. The predicted molar refractivity (Wildman–Crippen MR) is 90.2 cm³/mol. The van der Waals surface area contributed by atoms with Crippen LogP contribution < -0.4 is 5.32 Å². The van der Waals surface area contributed by atoms with Crippen LogP contribution in [0.25, 0.3) is 0 Å². The molecule has 1 amide bonds. The first kappa shape index (κ1) is 16.6. The van der Waals surface area contributed by atoms with Gasteiger partial charge in [0, 0.05) is 45.5 Å². The van der Waals surface area contributed by atoms with E-state index in [1.807, 2.05) is 31.3 Å². The highest BCUT2D eigenvalue weighted by Crippen LogP contribution is 2.36. The lowest BCUT2D eigenvalue weighted by molar-refractivity contribution is -0.143. The van der Waals surface area contributed by atoms with Gasteiger partial charge in [0.15, 0.2) is 5.89 Å². The molecule has 0 aliphatic carbocycles. The summed E-state index contributed by atoms with van der Waals surface area (Å²) in [5.74, 6) is 0.814. The van der Waals surface area contributed by atoms with E-state index in [9.17, 15) is 4.79 Å². The molecule has 1 N–H and O–H groups in total. The molecule has 0 aromatic carbocycles. The van der Waals surface area contributed by atoms with Gasteiger partial charge in [0.1, 0.15) is 6.26 Å². The fraction of sp³-hybridized carbons (Fsp3) is 0.500. The van der Waals surface area contributed by atoms with Gasteiger partial charge in [-0.15, -0.1) is 0 Å². The normalized spacial score (nSPS) is 16.6. The molecule has 0 spiro atoms. The van der Waals surface area contributed by atoms with E-state index in [0.717, 1.165) is 50.3 Å². The molecular formula is C18H24N4O2. The van der Waals surface area contributed by atoms with Gasteiger partial charge in [-0.25, -0.2) is 4.98 Å². The van der Waals surface area contributed by atoms with E-state index in [0.29, 0.717) is 5.89 Å². The van der Waals surface area contributed by atoms with Crippen LogP contribution in [-0.4, -0.2) is 40.9 Å². The molecule has 0 unspecified atom stereocenters. The van der Waals surface area contributed by atoms with Gasteiger partial charge in [0.2, 0.25) is 5.91 Å². The van der Waals surface area contributed by atoms with Crippen molar-refractivity contribution in [1.82, 2.24) is 20.2 Å². The smallest absolute Gasteiger partial charge is 0.228 e. The van der Waals surface area contributed by atoms with Crippen LogP contribution in [0.2, 0.25) is 0 Å². The van der Waals surface area contributed by atoms with Gasteiger partial charge in [-0.1, -0.05) is 6.07 Å². The summed E-state index contributed by atoms with van der Waals surface area (Å²) in [6.45, 7) is 4.10. The van der Waals surface area contributed by atoms with Crippen molar-refractivity contribution in [2.75, 3.05) is 20.1 Å². The number of hydrogen-bond donors (Lipinski definition) is 1. The lowest BCUT2D eigenvalue weighted by Gasteiger charge is -2.48. The van der Waals surface area contributed by atoms with Crippen molar-refractivity contribution in [3.8, 4) is 0 Å². The first-order valence-electron chi connectivity index (χ1n) is 8.37. The minimum atomic E-state index is -0.289. The molecule has 0 saturated carbocycles. The molecule has 1 aliphatic rings. The first-order chi connectivity index (χ1) is 11.6. The third kappa shape index (κ3) is 3.64. The van der Waals surface area contributed by atoms with Gasteiger partial charge >= 0.3 is 0 Å². The van der Waals surface area contributed by atoms with E-state index in [1.54, 1.807) is 13.3 Å². The van der Waals surface area contributed by atoms with Crippen LogP contribution in [0.5, 0.6) is 0 Å². The molecule has 6 heteroatoms. The quantitative estimate of drug-likeness (QED) is 0.841. The van der Waals surface area contributed by atoms with Gasteiger partial charge in [-0.3, -0.25) is 14.7 Å². The number of carbonyl (C=O) groups is 1. The number of aryl methyl sites for hydroxylation is 2. The number of nitrogens with one attached hydrogen (secondary N) is 1. The number of nitrogens with zero attached hydrogens (tertiary/aromatic N) is 3. The minimum Gasteiger partial charge on any atom is -0.449 e. The number of aromatic nitrogens is 2. The molecule has 3 heterocycles. The molecule has 1 fully saturated rings. The molecule has 0 radical (unpaired) electrons. The standard InChI is InChI=1S/C18H24N4O2/c1-14-21-16(11-24-14)10-22-12-18(13-22,17(23)19-2)8-5-7-15-6-3-4-9-20-15/h3-4,6,9,11H,5,7-8,10,12-13H2,1-2H3,(H,19,23). The SMILES string of the molecule is CNC(=O)C1(CCCc2ccccn2)CN(Cc2coc(C)n2)C1. The van der Waals surface area contributed by atoms with Crippen molar-refractivity contribution >= 4 is 5.91 Å². The van der Waals surface area contributed by atoms with Crippen molar-refractivity contribution < 1.29 is 9.21 Å². The molecule has 1 aliphatic heterocycles. The van der Waals surface area contributed by atoms with E-state index < -0.39 is 0 Å². The Labute approximate surface area is 142 Å². The molecule has 2 aromatic rings. The Morgan fingerprint density at radius 1 is 1.38 bits per heavy atom. The molecule has 3 rings (SSSR count). The summed E-state index contributed by atoms with van der Waals surface area (Å²) in [6.07, 6.45) is 6.24. The highest BCUT2D eigenvalue weighted by Gasteiger charge is 2.48. The molecule has 6 nitrogen and oxygen atoms in total. The van der Waals surface area contributed by atoms with Gasteiger partial charge in [0.25, 0.3) is 0 Å². The number of likely N-dealkylation sites (tertiary alicyclic amines) is 1. The zero-order valence-electron chi connectivity index (χ0n) is 14.3. The Morgan fingerprint density at radius 3 is 2.83 bits per heavy atom. The van der Waals surface area contributed by atoms with E-state index in [-0.39, 0.29) is 11.3 Å². The van der Waals surface area contributed by atoms with Gasteiger partial charge < -0.3 is 9.73 Å². The second-order valence-electron chi connectivity index (χ2n) is 6.54. The zero-order valence-corrected chi connectivity index (χ0v) is 14.3. The summed E-state index contributed by atoms with van der Waals surface area (Å²) >= 11 is 0. The van der Waals surface area contributed by atoms with Crippen molar-refractivity contribution in [3.05, 3.63) is 47.9 Å². The fourth-order valence-corrected chi connectivity index (χ4v) is 3.47. The van der Waals surface area contributed by atoms with Crippen LogP contribution >= 0.6 is 0 Å². The maximum absolute atomic E-state index is 12.4. The van der Waals surface area contributed by atoms with Crippen LogP contribution in [0.4, 0.5) is 0 Å². The van der Waals surface area contributed by atoms with Crippen molar-refractivity contribution in [2.45, 2.75) is 32.7 Å². The highest BCUT2D eigenvalue weighted by molar-refractivity contribution is 5.83. The summed E-state index contributed by atoms with van der Waals surface area (Å²) in [6, 6.07) is 5.96. The summed E-state index contributed by atoms with van der Waals surface area (Å²) in [7, 11) is 1.71.